The molecule has 0 saturated heterocycles. The summed E-state index contributed by atoms with van der Waals surface area (Å²) in [5, 5.41) is 2.63. The van der Waals surface area contributed by atoms with Gasteiger partial charge in [0.15, 0.2) is 0 Å². The lowest BCUT2D eigenvalue weighted by Gasteiger charge is -2.19. The molecule has 1 aromatic carbocycles. The Hall–Kier alpha value is -1.27. The third-order valence-electron chi connectivity index (χ3n) is 2.29. The van der Waals surface area contributed by atoms with Crippen LogP contribution in [-0.4, -0.2) is 26.7 Å². The molecule has 0 aromatic heterocycles. The van der Waals surface area contributed by atoms with Crippen LogP contribution in [0.2, 0.25) is 0 Å². The zero-order valence-corrected chi connectivity index (χ0v) is 13.2. The van der Waals surface area contributed by atoms with Crippen LogP contribution in [0.1, 0.15) is 26.3 Å². The van der Waals surface area contributed by atoms with Gasteiger partial charge < -0.3 is 10.1 Å². The minimum atomic E-state index is -3.69. The second-order valence-electron chi connectivity index (χ2n) is 5.26. The van der Waals surface area contributed by atoms with Crippen molar-refractivity contribution in [2.45, 2.75) is 37.7 Å². The fraction of sp³-hybridized carbons (Fsp3) is 0.462. The van der Waals surface area contributed by atoms with Crippen molar-refractivity contribution in [2.75, 3.05) is 6.54 Å². The van der Waals surface area contributed by atoms with Gasteiger partial charge in [0.25, 0.3) is 9.05 Å². The van der Waals surface area contributed by atoms with Crippen LogP contribution >= 0.6 is 10.7 Å². The van der Waals surface area contributed by atoms with E-state index in [0.717, 1.165) is 5.56 Å². The van der Waals surface area contributed by atoms with Crippen molar-refractivity contribution in [1.82, 2.24) is 5.32 Å². The van der Waals surface area contributed by atoms with E-state index in [2.05, 4.69) is 5.32 Å². The number of hydrogen-bond acceptors (Lipinski definition) is 4. The monoisotopic (exact) mass is 319 g/mol. The summed E-state index contributed by atoms with van der Waals surface area (Å²) in [5.74, 6) is 0. The Bertz CT molecular complexity index is 561. The Morgan fingerprint density at radius 3 is 2.25 bits per heavy atom. The fourth-order valence-electron chi connectivity index (χ4n) is 1.44. The first kappa shape index (κ1) is 16.8. The molecule has 7 heteroatoms. The van der Waals surface area contributed by atoms with Crippen LogP contribution in [-0.2, 0) is 20.2 Å². The van der Waals surface area contributed by atoms with Gasteiger partial charge in [-0.15, -0.1) is 0 Å². The quantitative estimate of drug-likeness (QED) is 0.866. The molecule has 0 aliphatic carbocycles. The highest BCUT2D eigenvalue weighted by Gasteiger charge is 2.15. The van der Waals surface area contributed by atoms with Crippen molar-refractivity contribution in [2.24, 2.45) is 0 Å². The Morgan fingerprint density at radius 2 is 1.80 bits per heavy atom. The van der Waals surface area contributed by atoms with Crippen molar-refractivity contribution in [1.29, 1.82) is 0 Å². The van der Waals surface area contributed by atoms with Crippen molar-refractivity contribution in [3.05, 3.63) is 29.8 Å². The van der Waals surface area contributed by atoms with E-state index < -0.39 is 20.7 Å². The summed E-state index contributed by atoms with van der Waals surface area (Å²) in [6, 6.07) is 6.19. The number of hydrogen-bond donors (Lipinski definition) is 1. The Balaban J connectivity index is 2.45. The number of carbonyl (C=O) groups is 1. The topological polar surface area (TPSA) is 72.5 Å². The first-order valence-electron chi connectivity index (χ1n) is 6.08. The zero-order chi connectivity index (χ0) is 15.4. The van der Waals surface area contributed by atoms with E-state index in [-0.39, 0.29) is 4.90 Å². The molecule has 0 aliphatic rings. The highest BCUT2D eigenvalue weighted by molar-refractivity contribution is 8.13. The standard InChI is InChI=1S/C13H18ClNO4S/c1-13(2,3)19-12(16)15-9-8-10-4-6-11(7-5-10)20(14,17)18/h4-7H,8-9H2,1-3H3,(H,15,16). The van der Waals surface area contributed by atoms with E-state index in [1.807, 2.05) is 0 Å². The summed E-state index contributed by atoms with van der Waals surface area (Å²) in [6.45, 7) is 5.77. The second kappa shape index (κ2) is 6.45. The number of ether oxygens (including phenoxy) is 1. The van der Waals surface area contributed by atoms with Crippen LogP contribution in [0.4, 0.5) is 4.79 Å². The van der Waals surface area contributed by atoms with E-state index in [9.17, 15) is 13.2 Å². The minimum absolute atomic E-state index is 0.0584. The maximum absolute atomic E-state index is 11.4. The molecule has 0 heterocycles. The summed E-state index contributed by atoms with van der Waals surface area (Å²) in [4.78, 5) is 11.5. The lowest BCUT2D eigenvalue weighted by molar-refractivity contribution is 0.0528. The molecule has 1 aromatic rings. The Morgan fingerprint density at radius 1 is 1.25 bits per heavy atom. The van der Waals surface area contributed by atoms with Gasteiger partial charge >= 0.3 is 6.09 Å². The molecular formula is C13H18ClNO4S. The lowest BCUT2D eigenvalue weighted by atomic mass is 10.1. The maximum atomic E-state index is 11.4. The summed E-state index contributed by atoms with van der Waals surface area (Å²) in [7, 11) is 1.53. The summed E-state index contributed by atoms with van der Waals surface area (Å²) in [6.07, 6.45) is 0.0967. The number of halogens is 1. The first-order valence-corrected chi connectivity index (χ1v) is 8.39. The molecule has 0 spiro atoms. The van der Waals surface area contributed by atoms with Crippen LogP contribution in [0.3, 0.4) is 0 Å². The number of carbonyl (C=O) groups excluding carboxylic acids is 1. The lowest BCUT2D eigenvalue weighted by Crippen LogP contribution is -2.33. The molecule has 20 heavy (non-hydrogen) atoms. The Labute approximate surface area is 123 Å². The van der Waals surface area contributed by atoms with Crippen molar-refractivity contribution in [3.63, 3.8) is 0 Å². The molecular weight excluding hydrogens is 302 g/mol. The molecule has 0 unspecified atom stereocenters. The third-order valence-corrected chi connectivity index (χ3v) is 3.66. The van der Waals surface area contributed by atoms with Crippen LogP contribution in [0.25, 0.3) is 0 Å². The molecule has 1 N–H and O–H groups in total. The number of alkyl carbamates (subject to hydrolysis) is 1. The van der Waals surface area contributed by atoms with Crippen LogP contribution < -0.4 is 5.32 Å². The third kappa shape index (κ3) is 6.25. The molecule has 0 bridgehead atoms. The summed E-state index contributed by atoms with van der Waals surface area (Å²) < 4.78 is 27.2. The summed E-state index contributed by atoms with van der Waals surface area (Å²) >= 11 is 0. The van der Waals surface area contributed by atoms with Crippen LogP contribution in [0, 0.1) is 0 Å². The average molecular weight is 320 g/mol. The molecule has 0 radical (unpaired) electrons. The maximum Gasteiger partial charge on any atom is 0.407 e. The largest absolute Gasteiger partial charge is 0.444 e. The fourth-order valence-corrected chi connectivity index (χ4v) is 2.21. The van der Waals surface area contributed by atoms with Gasteiger partial charge in [-0.05, 0) is 44.9 Å². The van der Waals surface area contributed by atoms with E-state index in [0.29, 0.717) is 13.0 Å². The van der Waals surface area contributed by atoms with Gasteiger partial charge in [0.1, 0.15) is 5.60 Å². The van der Waals surface area contributed by atoms with Gasteiger partial charge in [-0.2, -0.15) is 0 Å². The smallest absolute Gasteiger partial charge is 0.407 e. The van der Waals surface area contributed by atoms with Gasteiger partial charge in [-0.25, -0.2) is 13.2 Å². The normalized spacial score (nSPS) is 12.0. The number of amides is 1. The van der Waals surface area contributed by atoms with Gasteiger partial charge in [0.05, 0.1) is 4.90 Å². The molecule has 0 fully saturated rings. The van der Waals surface area contributed by atoms with E-state index in [1.165, 1.54) is 12.1 Å². The minimum Gasteiger partial charge on any atom is -0.444 e. The van der Waals surface area contributed by atoms with E-state index in [1.54, 1.807) is 32.9 Å². The highest BCUT2D eigenvalue weighted by Crippen LogP contribution is 2.15. The zero-order valence-electron chi connectivity index (χ0n) is 11.6. The predicted molar refractivity (Wildman–Crippen MR) is 77.4 cm³/mol. The average Bonchev–Trinajstić information content (AvgIpc) is 2.26. The molecule has 1 rings (SSSR count). The second-order valence-corrected chi connectivity index (χ2v) is 7.83. The Kier molecular flexibility index (Phi) is 5.42. The van der Waals surface area contributed by atoms with Gasteiger partial charge in [-0.3, -0.25) is 0 Å². The molecule has 0 atom stereocenters. The van der Waals surface area contributed by atoms with Crippen LogP contribution in [0.5, 0.6) is 0 Å². The predicted octanol–water partition coefficient (Wildman–Crippen LogP) is 2.68. The number of rotatable bonds is 4. The van der Waals surface area contributed by atoms with Crippen molar-refractivity contribution >= 4 is 25.8 Å². The molecule has 0 saturated carbocycles. The van der Waals surface area contributed by atoms with Gasteiger partial charge in [0, 0.05) is 17.2 Å². The van der Waals surface area contributed by atoms with E-state index >= 15 is 0 Å². The van der Waals surface area contributed by atoms with E-state index in [4.69, 9.17) is 15.4 Å². The molecule has 0 aliphatic heterocycles. The van der Waals surface area contributed by atoms with Crippen molar-refractivity contribution in [3.8, 4) is 0 Å². The highest BCUT2D eigenvalue weighted by atomic mass is 35.7. The SMILES string of the molecule is CC(C)(C)OC(=O)NCCc1ccc(S(=O)(=O)Cl)cc1. The summed E-state index contributed by atoms with van der Waals surface area (Å²) in [5.41, 5.74) is 0.366. The van der Waals surface area contributed by atoms with Gasteiger partial charge in [0.2, 0.25) is 0 Å². The van der Waals surface area contributed by atoms with Crippen LogP contribution in [0.15, 0.2) is 29.2 Å². The number of nitrogens with one attached hydrogen (secondary N) is 1. The first-order chi connectivity index (χ1) is 9.08. The van der Waals surface area contributed by atoms with Crippen molar-refractivity contribution < 1.29 is 17.9 Å². The van der Waals surface area contributed by atoms with Gasteiger partial charge in [-0.1, -0.05) is 12.1 Å². The number of benzene rings is 1. The molecule has 1 amide bonds. The molecule has 112 valence electrons. The molecule has 5 nitrogen and oxygen atoms in total.